The number of amides is 1. The number of aliphatic hydroxyl groups excluding tert-OH is 1. The van der Waals surface area contributed by atoms with E-state index in [0.717, 1.165) is 37.7 Å². The summed E-state index contributed by atoms with van der Waals surface area (Å²) < 4.78 is 5.40. The molecule has 0 spiro atoms. The van der Waals surface area contributed by atoms with Crippen molar-refractivity contribution in [3.63, 3.8) is 0 Å². The van der Waals surface area contributed by atoms with E-state index in [0.29, 0.717) is 47.2 Å². The highest BCUT2D eigenvalue weighted by molar-refractivity contribution is 5.83. The lowest BCUT2D eigenvalue weighted by atomic mass is 9.34. The maximum Gasteiger partial charge on any atom is 0.326 e. The molecule has 1 aromatic carbocycles. The third-order valence-electron chi connectivity index (χ3n) is 16.1. The van der Waals surface area contributed by atoms with Crippen LogP contribution in [0.4, 0.5) is 0 Å². The zero-order valence-corrected chi connectivity index (χ0v) is 32.4. The molecule has 0 radical (unpaired) electrons. The molecule has 6 nitrogen and oxygen atoms in total. The molecular formula is C44H67NO5. The quantitative estimate of drug-likeness (QED) is 0.168. The standard InChI is InChI=1S/C44H67NO5/c1-40(2)26-29(14-10-12-16-38(47)45-33(39(48)49)25-28-13-9-11-15-34(28)50-8)30-19-23-43(6)32(31(30)27-40)17-18-36-42(5)22-21-37(46)41(3,4)35(42)20-24-44(36,43)7/h9,11,13,15,17,29-31,33,35-37,46H,10,12,14,16,18-27H2,1-8H3,(H,45,47)(H,48,49)/t29-,30+,31+,33-,35+,36+,37+,42+,43-,44-/m1/s1. The van der Waals surface area contributed by atoms with Crippen LogP contribution in [0.25, 0.3) is 0 Å². The fourth-order valence-corrected chi connectivity index (χ4v) is 13.3. The van der Waals surface area contributed by atoms with Crippen LogP contribution >= 0.6 is 0 Å². The van der Waals surface area contributed by atoms with Gasteiger partial charge < -0.3 is 20.3 Å². The lowest BCUT2D eigenvalue weighted by Crippen LogP contribution is -2.64. The number of hydrogen-bond acceptors (Lipinski definition) is 4. The first-order chi connectivity index (χ1) is 23.5. The van der Waals surface area contributed by atoms with Crippen LogP contribution in [0.3, 0.4) is 0 Å². The van der Waals surface area contributed by atoms with Crippen LogP contribution in [0.5, 0.6) is 5.75 Å². The summed E-state index contributed by atoms with van der Waals surface area (Å²) in [5.41, 5.74) is 3.63. The van der Waals surface area contributed by atoms with Gasteiger partial charge in [-0.3, -0.25) is 4.79 Å². The van der Waals surface area contributed by atoms with E-state index in [-0.39, 0.29) is 40.1 Å². The number of nitrogens with one attached hydrogen (secondary N) is 1. The Kier molecular flexibility index (Phi) is 10.2. The summed E-state index contributed by atoms with van der Waals surface area (Å²) in [6.07, 6.45) is 16.9. The number of allylic oxidation sites excluding steroid dienone is 2. The number of carbonyl (C=O) groups is 2. The number of carboxylic acids is 1. The van der Waals surface area contributed by atoms with Crippen molar-refractivity contribution >= 4 is 11.9 Å². The third kappa shape index (κ3) is 6.36. The monoisotopic (exact) mass is 690 g/mol. The van der Waals surface area contributed by atoms with Crippen molar-refractivity contribution in [3.05, 3.63) is 41.5 Å². The van der Waals surface area contributed by atoms with Crippen LogP contribution in [-0.4, -0.2) is 41.3 Å². The molecule has 0 bridgehead atoms. The summed E-state index contributed by atoms with van der Waals surface area (Å²) in [4.78, 5) is 25.0. The van der Waals surface area contributed by atoms with E-state index in [1.807, 2.05) is 24.3 Å². The molecule has 3 N–H and O–H groups in total. The van der Waals surface area contributed by atoms with Gasteiger partial charge in [-0.2, -0.15) is 0 Å². The second-order valence-electron chi connectivity index (χ2n) is 19.5. The summed E-state index contributed by atoms with van der Waals surface area (Å²) in [7, 11) is 1.58. The molecule has 5 aliphatic rings. The highest BCUT2D eigenvalue weighted by atomic mass is 16.5. The molecule has 50 heavy (non-hydrogen) atoms. The topological polar surface area (TPSA) is 95.9 Å². The summed E-state index contributed by atoms with van der Waals surface area (Å²) in [5.74, 6) is 2.69. The number of para-hydroxylation sites is 1. The Hall–Kier alpha value is -2.34. The Labute approximate surface area is 302 Å². The lowest BCUT2D eigenvalue weighted by Gasteiger charge is -2.70. The fraction of sp³-hybridized carbons (Fsp3) is 0.773. The Balaban J connectivity index is 1.11. The van der Waals surface area contributed by atoms with Crippen molar-refractivity contribution in [2.45, 2.75) is 151 Å². The normalized spacial score (nSPS) is 39.0. The van der Waals surface area contributed by atoms with Gasteiger partial charge in [0.1, 0.15) is 11.8 Å². The zero-order valence-electron chi connectivity index (χ0n) is 32.4. The molecule has 1 amide bonds. The van der Waals surface area contributed by atoms with E-state index in [4.69, 9.17) is 4.74 Å². The number of benzene rings is 1. The second-order valence-corrected chi connectivity index (χ2v) is 19.5. The van der Waals surface area contributed by atoms with E-state index in [2.05, 4.69) is 59.9 Å². The zero-order chi connectivity index (χ0) is 36.3. The van der Waals surface area contributed by atoms with Crippen LogP contribution in [0.15, 0.2) is 35.9 Å². The minimum atomic E-state index is -1.02. The number of methoxy groups -OCH3 is 1. The van der Waals surface area contributed by atoms with Gasteiger partial charge in [-0.1, -0.05) is 91.2 Å². The maximum absolute atomic E-state index is 13.0. The molecule has 0 unspecified atom stereocenters. The van der Waals surface area contributed by atoms with Gasteiger partial charge >= 0.3 is 5.97 Å². The molecule has 4 saturated carbocycles. The van der Waals surface area contributed by atoms with Crippen molar-refractivity contribution in [1.82, 2.24) is 5.32 Å². The molecule has 0 heterocycles. The molecule has 0 aromatic heterocycles. The van der Waals surface area contributed by atoms with Gasteiger partial charge in [-0.15, -0.1) is 0 Å². The predicted octanol–water partition coefficient (Wildman–Crippen LogP) is 9.39. The molecule has 0 aliphatic heterocycles. The number of unbranched alkanes of at least 4 members (excludes halogenated alkanes) is 1. The minimum Gasteiger partial charge on any atom is -0.496 e. The number of ether oxygens (including phenoxy) is 1. The van der Waals surface area contributed by atoms with Crippen molar-refractivity contribution in [3.8, 4) is 5.75 Å². The molecule has 10 atom stereocenters. The number of rotatable bonds is 10. The van der Waals surface area contributed by atoms with E-state index in [9.17, 15) is 19.8 Å². The van der Waals surface area contributed by atoms with Gasteiger partial charge in [0.05, 0.1) is 13.2 Å². The van der Waals surface area contributed by atoms with Gasteiger partial charge in [0.2, 0.25) is 5.91 Å². The molecule has 5 aliphatic carbocycles. The summed E-state index contributed by atoms with van der Waals surface area (Å²) in [5, 5.41) is 23.7. The van der Waals surface area contributed by atoms with Crippen LogP contribution in [0.2, 0.25) is 0 Å². The summed E-state index contributed by atoms with van der Waals surface area (Å²) in [6, 6.07) is 6.41. The molecule has 4 fully saturated rings. The molecule has 0 saturated heterocycles. The lowest BCUT2D eigenvalue weighted by molar-refractivity contribution is -0.201. The highest BCUT2D eigenvalue weighted by Crippen LogP contribution is 2.74. The van der Waals surface area contributed by atoms with Gasteiger partial charge in [0, 0.05) is 12.8 Å². The molecule has 1 aromatic rings. The van der Waals surface area contributed by atoms with E-state index in [1.165, 1.54) is 44.9 Å². The summed E-state index contributed by atoms with van der Waals surface area (Å²) in [6.45, 7) is 17.6. The predicted molar refractivity (Wildman–Crippen MR) is 200 cm³/mol. The van der Waals surface area contributed by atoms with Gasteiger partial charge in [-0.05, 0) is 133 Å². The first kappa shape index (κ1) is 37.4. The van der Waals surface area contributed by atoms with Crippen molar-refractivity contribution in [1.29, 1.82) is 0 Å². The minimum absolute atomic E-state index is 0.0214. The van der Waals surface area contributed by atoms with E-state index < -0.39 is 12.0 Å². The van der Waals surface area contributed by atoms with Crippen LogP contribution in [-0.2, 0) is 16.0 Å². The number of aliphatic carboxylic acids is 1. The van der Waals surface area contributed by atoms with Crippen molar-refractivity contribution in [2.75, 3.05) is 7.11 Å². The Morgan fingerprint density at radius 2 is 1.68 bits per heavy atom. The summed E-state index contributed by atoms with van der Waals surface area (Å²) >= 11 is 0. The van der Waals surface area contributed by atoms with E-state index in [1.54, 1.807) is 12.7 Å². The average molecular weight is 690 g/mol. The first-order valence-corrected chi connectivity index (χ1v) is 20.0. The number of carboxylic acid groups (broad SMARTS) is 1. The SMILES string of the molecule is COc1ccccc1C[C@@H](NC(=O)CCCC[C@@H]1CC(C)(C)C[C@@H]2C3=CC[C@H]4[C@@]5(C)CC[C@H](O)C(C)(C)[C@@H]5CC[C@@]4(C)[C@]3(C)CC[C@@H]12)C(=O)O. The van der Waals surface area contributed by atoms with Crippen LogP contribution < -0.4 is 10.1 Å². The number of fused-ring (bicyclic) bond motifs is 7. The van der Waals surface area contributed by atoms with Gasteiger partial charge in [0.25, 0.3) is 0 Å². The largest absolute Gasteiger partial charge is 0.496 e. The van der Waals surface area contributed by atoms with Crippen molar-refractivity contribution < 1.29 is 24.5 Å². The third-order valence-corrected chi connectivity index (χ3v) is 16.1. The molecule has 278 valence electrons. The number of hydrogen-bond donors (Lipinski definition) is 3. The molecular weight excluding hydrogens is 622 g/mol. The van der Waals surface area contributed by atoms with Crippen LogP contribution in [0.1, 0.15) is 138 Å². The van der Waals surface area contributed by atoms with Crippen molar-refractivity contribution in [2.24, 2.45) is 56.7 Å². The number of carbonyl (C=O) groups excluding carboxylic acids is 1. The highest BCUT2D eigenvalue weighted by Gasteiger charge is 2.67. The first-order valence-electron chi connectivity index (χ1n) is 20.0. The Morgan fingerprint density at radius 3 is 2.40 bits per heavy atom. The Morgan fingerprint density at radius 1 is 0.940 bits per heavy atom. The smallest absolute Gasteiger partial charge is 0.326 e. The van der Waals surface area contributed by atoms with Gasteiger partial charge in [-0.25, -0.2) is 4.79 Å². The molecule has 6 rings (SSSR count). The second kappa shape index (κ2) is 13.6. The van der Waals surface area contributed by atoms with E-state index >= 15 is 0 Å². The Bertz CT molecular complexity index is 1460. The van der Waals surface area contributed by atoms with Gasteiger partial charge in [0.15, 0.2) is 0 Å². The average Bonchev–Trinajstić information content (AvgIpc) is 3.04. The number of aliphatic hydroxyl groups is 1. The fourth-order valence-electron chi connectivity index (χ4n) is 13.3. The molecule has 6 heteroatoms. The van der Waals surface area contributed by atoms with Crippen LogP contribution in [0, 0.1) is 56.7 Å². The maximum atomic E-state index is 13.0.